The predicted octanol–water partition coefficient (Wildman–Crippen LogP) is 3.40. The van der Waals surface area contributed by atoms with Crippen molar-refractivity contribution in [3.63, 3.8) is 0 Å². The Morgan fingerprint density at radius 2 is 2.00 bits per heavy atom. The highest BCUT2D eigenvalue weighted by Gasteiger charge is 2.12. The molecule has 26 heavy (non-hydrogen) atoms. The Morgan fingerprint density at radius 1 is 1.12 bits per heavy atom. The fourth-order valence-electron chi connectivity index (χ4n) is 2.31. The molecule has 7 heteroatoms. The Bertz CT molecular complexity index is 871. The molecule has 0 fully saturated rings. The lowest BCUT2D eigenvalue weighted by atomic mass is 10.2. The maximum atomic E-state index is 12.1. The third-order valence-electron chi connectivity index (χ3n) is 3.52. The van der Waals surface area contributed by atoms with Crippen molar-refractivity contribution in [3.05, 3.63) is 72.2 Å². The van der Waals surface area contributed by atoms with E-state index in [4.69, 9.17) is 4.74 Å². The summed E-state index contributed by atoms with van der Waals surface area (Å²) in [5.74, 6) is 0.666. The molecule has 0 atom stereocenters. The number of hydrogen-bond acceptors (Lipinski definition) is 7. The molecule has 1 aromatic carbocycles. The smallest absolute Gasteiger partial charge is 0.340 e. The second kappa shape index (κ2) is 8.57. The van der Waals surface area contributed by atoms with Crippen LogP contribution in [0.2, 0.25) is 0 Å². The lowest BCUT2D eigenvalue weighted by molar-refractivity contribution is 0.0527. The van der Waals surface area contributed by atoms with Gasteiger partial charge in [0.15, 0.2) is 0 Å². The van der Waals surface area contributed by atoms with E-state index < -0.39 is 0 Å². The highest BCUT2D eigenvalue weighted by molar-refractivity contribution is 5.96. The maximum absolute atomic E-state index is 12.1. The van der Waals surface area contributed by atoms with Gasteiger partial charge in [-0.25, -0.2) is 9.78 Å². The molecular weight excluding hydrogens is 330 g/mol. The van der Waals surface area contributed by atoms with E-state index in [9.17, 15) is 4.79 Å². The number of esters is 1. The van der Waals surface area contributed by atoms with E-state index >= 15 is 0 Å². The van der Waals surface area contributed by atoms with Crippen LogP contribution in [0.5, 0.6) is 0 Å². The first kappa shape index (κ1) is 17.3. The monoisotopic (exact) mass is 349 g/mol. The van der Waals surface area contributed by atoms with E-state index in [2.05, 4.69) is 25.6 Å². The highest BCUT2D eigenvalue weighted by Crippen LogP contribution is 2.20. The van der Waals surface area contributed by atoms with Crippen LogP contribution in [-0.2, 0) is 11.3 Å². The van der Waals surface area contributed by atoms with Gasteiger partial charge in [0.2, 0.25) is 5.95 Å². The minimum atomic E-state index is -0.388. The number of aromatic nitrogens is 3. The van der Waals surface area contributed by atoms with Gasteiger partial charge < -0.3 is 15.4 Å². The molecule has 0 amide bonds. The van der Waals surface area contributed by atoms with Gasteiger partial charge in [-0.1, -0.05) is 18.2 Å². The van der Waals surface area contributed by atoms with Gasteiger partial charge in [0, 0.05) is 25.1 Å². The minimum Gasteiger partial charge on any atom is -0.462 e. The summed E-state index contributed by atoms with van der Waals surface area (Å²) in [4.78, 5) is 24.8. The van der Waals surface area contributed by atoms with Crippen molar-refractivity contribution < 1.29 is 9.53 Å². The van der Waals surface area contributed by atoms with Crippen molar-refractivity contribution in [2.24, 2.45) is 0 Å². The summed E-state index contributed by atoms with van der Waals surface area (Å²) >= 11 is 0. The summed E-state index contributed by atoms with van der Waals surface area (Å²) in [6.07, 6.45) is 5.17. The number of nitrogens with one attached hydrogen (secondary N) is 2. The van der Waals surface area contributed by atoms with Crippen molar-refractivity contribution in [3.8, 4) is 0 Å². The van der Waals surface area contributed by atoms with Crippen molar-refractivity contribution >= 4 is 23.4 Å². The van der Waals surface area contributed by atoms with Gasteiger partial charge in [-0.05, 0) is 36.8 Å². The second-order valence-electron chi connectivity index (χ2n) is 5.37. The number of pyridine rings is 1. The SMILES string of the molecule is CCOC(=O)c1ccccc1Nc1nccc(NCc2cccnc2)n1. The summed E-state index contributed by atoms with van der Waals surface area (Å²) < 4.78 is 5.08. The second-order valence-corrected chi connectivity index (χ2v) is 5.37. The van der Waals surface area contributed by atoms with Crippen LogP contribution in [-0.4, -0.2) is 27.5 Å². The summed E-state index contributed by atoms with van der Waals surface area (Å²) in [6.45, 7) is 2.69. The molecule has 0 aliphatic heterocycles. The van der Waals surface area contributed by atoms with Gasteiger partial charge in [0.05, 0.1) is 17.9 Å². The summed E-state index contributed by atoms with van der Waals surface area (Å²) in [6, 6.07) is 12.7. The van der Waals surface area contributed by atoms with Gasteiger partial charge in [-0.3, -0.25) is 4.98 Å². The Hall–Kier alpha value is -3.48. The Kier molecular flexibility index (Phi) is 5.72. The quantitative estimate of drug-likeness (QED) is 0.632. The van der Waals surface area contributed by atoms with Crippen LogP contribution in [0.3, 0.4) is 0 Å². The van der Waals surface area contributed by atoms with Crippen LogP contribution in [0.15, 0.2) is 61.1 Å². The molecule has 132 valence electrons. The van der Waals surface area contributed by atoms with Crippen molar-refractivity contribution in [1.82, 2.24) is 15.0 Å². The number of ether oxygens (including phenoxy) is 1. The van der Waals surface area contributed by atoms with E-state index in [1.807, 2.05) is 18.2 Å². The molecule has 2 aromatic heterocycles. The fraction of sp³-hybridized carbons (Fsp3) is 0.158. The zero-order valence-corrected chi connectivity index (χ0v) is 14.3. The number of hydrogen-bond donors (Lipinski definition) is 2. The first-order valence-corrected chi connectivity index (χ1v) is 8.25. The van der Waals surface area contributed by atoms with Gasteiger partial charge in [0.1, 0.15) is 5.82 Å². The largest absolute Gasteiger partial charge is 0.462 e. The predicted molar refractivity (Wildman–Crippen MR) is 99.3 cm³/mol. The van der Waals surface area contributed by atoms with Gasteiger partial charge >= 0.3 is 5.97 Å². The Morgan fingerprint density at radius 3 is 2.81 bits per heavy atom. The Labute approximate surface area is 151 Å². The number of anilines is 3. The van der Waals surface area contributed by atoms with Crippen molar-refractivity contribution in [2.75, 3.05) is 17.2 Å². The summed E-state index contributed by atoms with van der Waals surface area (Å²) in [5.41, 5.74) is 2.08. The zero-order valence-electron chi connectivity index (χ0n) is 14.3. The average Bonchev–Trinajstić information content (AvgIpc) is 2.68. The molecule has 3 aromatic rings. The average molecular weight is 349 g/mol. The number of para-hydroxylation sites is 1. The van der Waals surface area contributed by atoms with E-state index in [1.54, 1.807) is 49.8 Å². The normalized spacial score (nSPS) is 10.2. The molecule has 0 aliphatic carbocycles. The van der Waals surface area contributed by atoms with Crippen LogP contribution in [0, 0.1) is 0 Å². The highest BCUT2D eigenvalue weighted by atomic mass is 16.5. The van der Waals surface area contributed by atoms with Crippen LogP contribution in [0.25, 0.3) is 0 Å². The standard InChI is InChI=1S/C19H19N5O2/c1-2-26-18(25)15-7-3-4-8-16(15)23-19-21-11-9-17(24-19)22-13-14-6-5-10-20-12-14/h3-12H,2,13H2,1H3,(H2,21,22,23,24). The van der Waals surface area contributed by atoms with Gasteiger partial charge in [0.25, 0.3) is 0 Å². The van der Waals surface area contributed by atoms with E-state index in [-0.39, 0.29) is 5.97 Å². The number of carbonyl (C=O) groups is 1. The minimum absolute atomic E-state index is 0.317. The lowest BCUT2D eigenvalue weighted by Crippen LogP contribution is -2.09. The lowest BCUT2D eigenvalue weighted by Gasteiger charge is -2.11. The van der Waals surface area contributed by atoms with E-state index in [0.717, 1.165) is 5.56 Å². The molecule has 3 rings (SSSR count). The summed E-state index contributed by atoms with van der Waals surface area (Å²) in [5, 5.41) is 6.30. The topological polar surface area (TPSA) is 89.0 Å². The van der Waals surface area contributed by atoms with Crippen LogP contribution >= 0.6 is 0 Å². The number of rotatable bonds is 7. The number of carbonyl (C=O) groups excluding carboxylic acids is 1. The third-order valence-corrected chi connectivity index (χ3v) is 3.52. The maximum Gasteiger partial charge on any atom is 0.340 e. The van der Waals surface area contributed by atoms with Gasteiger partial charge in [-0.2, -0.15) is 4.98 Å². The molecule has 2 heterocycles. The van der Waals surface area contributed by atoms with E-state index in [0.29, 0.717) is 36.2 Å². The first-order valence-electron chi connectivity index (χ1n) is 8.25. The number of benzene rings is 1. The molecule has 0 bridgehead atoms. The molecule has 0 saturated carbocycles. The molecule has 0 unspecified atom stereocenters. The van der Waals surface area contributed by atoms with Crippen LogP contribution in [0.1, 0.15) is 22.8 Å². The summed E-state index contributed by atoms with van der Waals surface area (Å²) in [7, 11) is 0. The molecule has 0 spiro atoms. The molecule has 0 radical (unpaired) electrons. The van der Waals surface area contributed by atoms with Crippen molar-refractivity contribution in [1.29, 1.82) is 0 Å². The van der Waals surface area contributed by atoms with Crippen LogP contribution in [0.4, 0.5) is 17.5 Å². The van der Waals surface area contributed by atoms with Crippen LogP contribution < -0.4 is 10.6 Å². The Balaban J connectivity index is 1.72. The van der Waals surface area contributed by atoms with Crippen molar-refractivity contribution in [2.45, 2.75) is 13.5 Å². The first-order chi connectivity index (χ1) is 12.8. The zero-order chi connectivity index (χ0) is 18.2. The molecule has 0 aliphatic rings. The molecule has 7 nitrogen and oxygen atoms in total. The van der Waals surface area contributed by atoms with E-state index in [1.165, 1.54) is 0 Å². The third kappa shape index (κ3) is 4.54. The van der Waals surface area contributed by atoms with Gasteiger partial charge in [-0.15, -0.1) is 0 Å². The molecule has 0 saturated heterocycles. The molecular formula is C19H19N5O2. The fourth-order valence-corrected chi connectivity index (χ4v) is 2.31. The molecule has 2 N–H and O–H groups in total. The number of nitrogens with zero attached hydrogens (tertiary/aromatic N) is 3.